The van der Waals surface area contributed by atoms with Crippen LogP contribution in [0, 0.1) is 6.92 Å². The number of aryl methyl sites for hydroxylation is 1. The van der Waals surface area contributed by atoms with Crippen LogP contribution in [0.15, 0.2) is 65.6 Å². The van der Waals surface area contributed by atoms with Crippen LogP contribution in [0.3, 0.4) is 0 Å². The Kier molecular flexibility index (Phi) is 9.04. The second kappa shape index (κ2) is 11.9. The van der Waals surface area contributed by atoms with Crippen molar-refractivity contribution in [3.05, 3.63) is 83.2 Å². The first-order valence-corrected chi connectivity index (χ1v) is 14.4. The van der Waals surface area contributed by atoms with Gasteiger partial charge in [0, 0.05) is 17.7 Å². The van der Waals surface area contributed by atoms with Gasteiger partial charge in [-0.05, 0) is 75.1 Å². The van der Waals surface area contributed by atoms with Crippen molar-refractivity contribution in [3.8, 4) is 5.75 Å². The second-order valence-electron chi connectivity index (χ2n) is 9.34. The van der Waals surface area contributed by atoms with Crippen LogP contribution in [-0.2, 0) is 26.6 Å². The van der Waals surface area contributed by atoms with E-state index in [1.165, 1.54) is 6.92 Å². The molecular formula is C29H36N2O6S. The summed E-state index contributed by atoms with van der Waals surface area (Å²) >= 11 is 0. The zero-order chi connectivity index (χ0) is 28.1. The number of carboxylic acids is 1. The maximum absolute atomic E-state index is 12.9. The number of amides is 1. The third kappa shape index (κ3) is 5.78. The van der Waals surface area contributed by atoms with Crippen molar-refractivity contribution in [1.29, 1.82) is 0 Å². The van der Waals surface area contributed by atoms with Gasteiger partial charge in [0.25, 0.3) is 5.91 Å². The molecular weight excluding hydrogens is 504 g/mol. The maximum atomic E-state index is 12.9. The molecule has 0 aliphatic rings. The third-order valence-electron chi connectivity index (χ3n) is 7.14. The summed E-state index contributed by atoms with van der Waals surface area (Å²) in [6, 6.07) is 16.6. The molecule has 0 saturated carbocycles. The first-order chi connectivity index (χ1) is 18.0. The lowest BCUT2D eigenvalue weighted by atomic mass is 9.72. The van der Waals surface area contributed by atoms with Gasteiger partial charge >= 0.3 is 5.97 Å². The normalized spacial score (nSPS) is 12.7. The number of sulfone groups is 1. The molecule has 38 heavy (non-hydrogen) atoms. The molecule has 0 spiro atoms. The van der Waals surface area contributed by atoms with Gasteiger partial charge < -0.3 is 19.7 Å². The third-order valence-corrected chi connectivity index (χ3v) is 8.56. The molecule has 2 aromatic carbocycles. The van der Waals surface area contributed by atoms with Gasteiger partial charge in [-0.25, -0.2) is 8.42 Å². The summed E-state index contributed by atoms with van der Waals surface area (Å²) in [7, 11) is -3.59. The Morgan fingerprint density at radius 2 is 1.68 bits per heavy atom. The summed E-state index contributed by atoms with van der Waals surface area (Å²) in [5, 5.41) is 11.7. The van der Waals surface area contributed by atoms with Crippen LogP contribution in [0.2, 0.25) is 0 Å². The highest BCUT2D eigenvalue weighted by Gasteiger charge is 2.35. The Labute approximate surface area is 224 Å². The van der Waals surface area contributed by atoms with Crippen molar-refractivity contribution in [2.75, 3.05) is 5.94 Å². The monoisotopic (exact) mass is 540 g/mol. The summed E-state index contributed by atoms with van der Waals surface area (Å²) in [6.45, 7) is 9.98. The SMILES string of the molecule is CCn1c(C(=O)N[C@@H](C)C(=O)O)ccc1C(CC)(CC)c1ccc(OCS(=O)(=O)c2ccccc2)c(C)c1. The fraction of sp³-hybridized carbons (Fsp3) is 0.379. The number of rotatable bonds is 12. The first kappa shape index (κ1) is 29.0. The first-order valence-electron chi connectivity index (χ1n) is 12.8. The predicted octanol–water partition coefficient (Wildman–Crippen LogP) is 4.94. The molecule has 0 radical (unpaired) electrons. The number of carbonyl (C=O) groups is 2. The molecule has 0 bridgehead atoms. The molecule has 0 unspecified atom stereocenters. The van der Waals surface area contributed by atoms with Gasteiger partial charge in [-0.3, -0.25) is 9.59 Å². The molecule has 1 heterocycles. The molecule has 0 fully saturated rings. The smallest absolute Gasteiger partial charge is 0.325 e. The van der Waals surface area contributed by atoms with Gasteiger partial charge in [0.15, 0.2) is 5.94 Å². The van der Waals surface area contributed by atoms with E-state index in [1.54, 1.807) is 42.5 Å². The zero-order valence-corrected chi connectivity index (χ0v) is 23.3. The lowest BCUT2D eigenvalue weighted by Gasteiger charge is -2.34. The summed E-state index contributed by atoms with van der Waals surface area (Å²) in [5.74, 6) is -1.51. The van der Waals surface area contributed by atoms with Gasteiger partial charge in [0.2, 0.25) is 9.84 Å². The summed E-state index contributed by atoms with van der Waals surface area (Å²) in [5.41, 5.74) is 2.77. The van der Waals surface area contributed by atoms with Gasteiger partial charge in [-0.15, -0.1) is 0 Å². The molecule has 1 aromatic heterocycles. The highest BCUT2D eigenvalue weighted by molar-refractivity contribution is 7.91. The molecule has 0 saturated heterocycles. The van der Waals surface area contributed by atoms with E-state index in [0.717, 1.165) is 29.7 Å². The number of aliphatic carboxylic acids is 1. The second-order valence-corrected chi connectivity index (χ2v) is 11.3. The van der Waals surface area contributed by atoms with Gasteiger partial charge in [-0.2, -0.15) is 0 Å². The van der Waals surface area contributed by atoms with E-state index in [2.05, 4.69) is 19.2 Å². The van der Waals surface area contributed by atoms with Crippen LogP contribution in [0.1, 0.15) is 67.8 Å². The van der Waals surface area contributed by atoms with Crippen LogP contribution >= 0.6 is 0 Å². The van der Waals surface area contributed by atoms with Crippen LogP contribution in [0.25, 0.3) is 0 Å². The van der Waals surface area contributed by atoms with Crippen LogP contribution in [0.4, 0.5) is 0 Å². The number of nitrogens with zero attached hydrogens (tertiary/aromatic N) is 1. The average molecular weight is 541 g/mol. The summed E-state index contributed by atoms with van der Waals surface area (Å²) in [6.07, 6.45) is 1.50. The Morgan fingerprint density at radius 3 is 2.24 bits per heavy atom. The van der Waals surface area contributed by atoms with Crippen molar-refractivity contribution in [1.82, 2.24) is 9.88 Å². The molecule has 3 aromatic rings. The Morgan fingerprint density at radius 1 is 1.03 bits per heavy atom. The van der Waals surface area contributed by atoms with E-state index in [4.69, 9.17) is 4.74 Å². The number of ether oxygens (including phenoxy) is 1. The van der Waals surface area contributed by atoms with Crippen LogP contribution in [0.5, 0.6) is 5.75 Å². The Bertz CT molecular complexity index is 1390. The minimum absolute atomic E-state index is 0.211. The molecule has 3 rings (SSSR count). The van der Waals surface area contributed by atoms with E-state index in [-0.39, 0.29) is 4.90 Å². The minimum Gasteiger partial charge on any atom is -0.480 e. The Balaban J connectivity index is 1.94. The van der Waals surface area contributed by atoms with E-state index < -0.39 is 39.1 Å². The topological polar surface area (TPSA) is 115 Å². The standard InChI is InChI=1S/C29H36N2O6S/c1-6-29(7-2,26-17-15-24(31(26)8-3)27(32)30-21(5)28(33)34)22-14-16-25(20(4)18-22)37-19-38(35,36)23-12-10-9-11-13-23/h9-18,21H,6-8,19H2,1-5H3,(H,30,32)(H,33,34)/t21-/m0/s1. The fourth-order valence-electron chi connectivity index (χ4n) is 4.87. The number of carboxylic acid groups (broad SMARTS) is 1. The number of hydrogen-bond acceptors (Lipinski definition) is 5. The van der Waals surface area contributed by atoms with Gasteiger partial charge in [0.1, 0.15) is 17.5 Å². The number of carbonyl (C=O) groups excluding carboxylic acids is 1. The van der Waals surface area contributed by atoms with Crippen molar-refractivity contribution < 1.29 is 27.9 Å². The zero-order valence-electron chi connectivity index (χ0n) is 22.5. The highest BCUT2D eigenvalue weighted by Crippen LogP contribution is 2.41. The minimum atomic E-state index is -3.59. The molecule has 1 amide bonds. The summed E-state index contributed by atoms with van der Waals surface area (Å²) in [4.78, 5) is 24.3. The van der Waals surface area contributed by atoms with E-state index in [9.17, 15) is 23.1 Å². The molecule has 2 N–H and O–H groups in total. The molecule has 9 heteroatoms. The predicted molar refractivity (Wildman–Crippen MR) is 146 cm³/mol. The highest BCUT2D eigenvalue weighted by atomic mass is 32.2. The molecule has 0 aliphatic heterocycles. The average Bonchev–Trinajstić information content (AvgIpc) is 3.34. The largest absolute Gasteiger partial charge is 0.480 e. The number of nitrogens with one attached hydrogen (secondary N) is 1. The Hall–Kier alpha value is -3.59. The fourth-order valence-corrected chi connectivity index (χ4v) is 5.86. The van der Waals surface area contributed by atoms with Crippen LogP contribution < -0.4 is 10.1 Å². The van der Waals surface area contributed by atoms with Crippen LogP contribution in [-0.4, -0.2) is 41.9 Å². The molecule has 8 nitrogen and oxygen atoms in total. The maximum Gasteiger partial charge on any atom is 0.325 e. The van der Waals surface area contributed by atoms with Crippen molar-refractivity contribution in [2.24, 2.45) is 0 Å². The summed E-state index contributed by atoms with van der Waals surface area (Å²) < 4.78 is 33.0. The van der Waals surface area contributed by atoms with E-state index >= 15 is 0 Å². The lowest BCUT2D eigenvalue weighted by molar-refractivity contribution is -0.138. The quantitative estimate of drug-likeness (QED) is 0.336. The van der Waals surface area contributed by atoms with Crippen molar-refractivity contribution in [3.63, 3.8) is 0 Å². The molecule has 0 aliphatic carbocycles. The lowest BCUT2D eigenvalue weighted by Crippen LogP contribution is -2.39. The van der Waals surface area contributed by atoms with E-state index in [0.29, 0.717) is 18.0 Å². The molecule has 204 valence electrons. The number of benzene rings is 2. The van der Waals surface area contributed by atoms with Crippen molar-refractivity contribution in [2.45, 2.75) is 70.4 Å². The number of aromatic nitrogens is 1. The number of hydrogen-bond donors (Lipinski definition) is 2. The molecule has 1 atom stereocenters. The van der Waals surface area contributed by atoms with E-state index in [1.807, 2.05) is 36.6 Å². The van der Waals surface area contributed by atoms with Gasteiger partial charge in [0.05, 0.1) is 4.90 Å². The van der Waals surface area contributed by atoms with Crippen molar-refractivity contribution >= 4 is 21.7 Å². The van der Waals surface area contributed by atoms with Gasteiger partial charge in [-0.1, -0.05) is 44.2 Å².